The molecule has 0 bridgehead atoms. The monoisotopic (exact) mass is 317 g/mol. The first kappa shape index (κ1) is 17.8. The molecule has 0 radical (unpaired) electrons. The minimum Gasteiger partial charge on any atom is -0.479 e. The van der Waals surface area contributed by atoms with E-state index in [1.807, 2.05) is 0 Å². The van der Waals surface area contributed by atoms with Crippen LogP contribution in [0.3, 0.4) is 0 Å². The van der Waals surface area contributed by atoms with Crippen LogP contribution in [0.25, 0.3) is 0 Å². The second kappa shape index (κ2) is 6.69. The molecule has 0 saturated heterocycles. The first-order valence-electron chi connectivity index (χ1n) is 6.36. The molecule has 0 fully saturated rings. The molecule has 1 rings (SSSR count). The van der Waals surface area contributed by atoms with Crippen molar-refractivity contribution in [1.29, 1.82) is 0 Å². The molecule has 1 aromatic carbocycles. The zero-order valence-corrected chi connectivity index (χ0v) is 12.3. The van der Waals surface area contributed by atoms with Crippen molar-refractivity contribution in [2.24, 2.45) is 0 Å². The van der Waals surface area contributed by atoms with Crippen LogP contribution in [0, 0.1) is 11.6 Å². The average molecular weight is 317 g/mol. The predicted octanol–water partition coefficient (Wildman–Crippen LogP) is 1.98. The maximum absolute atomic E-state index is 13.8. The van der Waals surface area contributed by atoms with E-state index >= 15 is 0 Å². The molecule has 122 valence electrons. The summed E-state index contributed by atoms with van der Waals surface area (Å²) in [7, 11) is 0. The Morgan fingerprint density at radius 1 is 1.27 bits per heavy atom. The summed E-state index contributed by atoms with van der Waals surface area (Å²) in [6, 6.07) is 0.719. The number of aliphatic hydroxyl groups is 1. The number of aliphatic hydroxyl groups excluding tert-OH is 1. The van der Waals surface area contributed by atoms with Gasteiger partial charge >= 0.3 is 12.1 Å². The van der Waals surface area contributed by atoms with Crippen LogP contribution in [0.15, 0.2) is 18.2 Å². The lowest BCUT2D eigenvalue weighted by atomic mass is 10.0. The fraction of sp³-hybridized carbons (Fsp3) is 0.429. The number of carboxylic acid groups (broad SMARTS) is 1. The van der Waals surface area contributed by atoms with Crippen molar-refractivity contribution in [2.45, 2.75) is 38.5 Å². The Hall–Kier alpha value is -2.22. The van der Waals surface area contributed by atoms with Gasteiger partial charge in [0.1, 0.15) is 17.2 Å². The van der Waals surface area contributed by atoms with Gasteiger partial charge < -0.3 is 20.3 Å². The van der Waals surface area contributed by atoms with Crippen LogP contribution in [0.2, 0.25) is 0 Å². The topological polar surface area (TPSA) is 95.9 Å². The molecule has 0 aliphatic heterocycles. The summed E-state index contributed by atoms with van der Waals surface area (Å²) in [5.41, 5.74) is -1.24. The lowest BCUT2D eigenvalue weighted by molar-refractivity contribution is -0.148. The molecular formula is C14H17F2NO5. The van der Waals surface area contributed by atoms with E-state index < -0.39 is 41.4 Å². The maximum Gasteiger partial charge on any atom is 0.408 e. The Labute approximate surface area is 125 Å². The van der Waals surface area contributed by atoms with Crippen LogP contribution in [0.4, 0.5) is 13.6 Å². The lowest BCUT2D eigenvalue weighted by Crippen LogP contribution is -2.43. The number of nitrogens with one attached hydrogen (secondary N) is 1. The van der Waals surface area contributed by atoms with Crippen molar-refractivity contribution in [2.75, 3.05) is 0 Å². The van der Waals surface area contributed by atoms with Crippen molar-refractivity contribution in [1.82, 2.24) is 5.32 Å². The van der Waals surface area contributed by atoms with Gasteiger partial charge in [-0.3, -0.25) is 0 Å². The number of hydrogen-bond acceptors (Lipinski definition) is 4. The van der Waals surface area contributed by atoms with E-state index in [4.69, 9.17) is 9.84 Å². The van der Waals surface area contributed by atoms with E-state index in [1.54, 1.807) is 20.8 Å². The van der Waals surface area contributed by atoms with Gasteiger partial charge in [-0.05, 0) is 26.8 Å². The molecule has 6 nitrogen and oxygen atoms in total. The molecule has 0 aliphatic rings. The Kier molecular flexibility index (Phi) is 5.43. The van der Waals surface area contributed by atoms with Gasteiger partial charge in [-0.15, -0.1) is 0 Å². The highest BCUT2D eigenvalue weighted by Gasteiger charge is 2.32. The molecule has 0 spiro atoms. The highest BCUT2D eigenvalue weighted by Crippen LogP contribution is 2.22. The molecule has 8 heteroatoms. The van der Waals surface area contributed by atoms with Crippen LogP contribution < -0.4 is 5.32 Å². The third-order valence-electron chi connectivity index (χ3n) is 2.54. The van der Waals surface area contributed by atoms with E-state index in [0.717, 1.165) is 12.1 Å². The zero-order valence-electron chi connectivity index (χ0n) is 12.3. The number of amides is 1. The van der Waals surface area contributed by atoms with Crippen LogP contribution in [0.1, 0.15) is 32.4 Å². The van der Waals surface area contributed by atoms with Gasteiger partial charge in [0.2, 0.25) is 0 Å². The van der Waals surface area contributed by atoms with Crippen LogP contribution in [0.5, 0.6) is 0 Å². The zero-order chi connectivity index (χ0) is 17.1. The van der Waals surface area contributed by atoms with Gasteiger partial charge in [0.15, 0.2) is 6.10 Å². The third-order valence-corrected chi connectivity index (χ3v) is 2.54. The van der Waals surface area contributed by atoms with Crippen LogP contribution in [-0.2, 0) is 9.53 Å². The fourth-order valence-electron chi connectivity index (χ4n) is 1.66. The quantitative estimate of drug-likeness (QED) is 0.789. The van der Waals surface area contributed by atoms with Gasteiger partial charge in [0.25, 0.3) is 0 Å². The van der Waals surface area contributed by atoms with E-state index in [2.05, 4.69) is 5.32 Å². The highest BCUT2D eigenvalue weighted by atomic mass is 19.1. The molecule has 0 heterocycles. The normalized spacial score (nSPS) is 14.1. The summed E-state index contributed by atoms with van der Waals surface area (Å²) in [5.74, 6) is -3.65. The first-order chi connectivity index (χ1) is 10.0. The number of carboxylic acids is 1. The minimum absolute atomic E-state index is 0.373. The Morgan fingerprint density at radius 2 is 1.86 bits per heavy atom. The summed E-state index contributed by atoms with van der Waals surface area (Å²) < 4.78 is 31.6. The van der Waals surface area contributed by atoms with Crippen molar-refractivity contribution in [3.05, 3.63) is 35.4 Å². The summed E-state index contributed by atoms with van der Waals surface area (Å²) in [6.45, 7) is 4.73. The van der Waals surface area contributed by atoms with Gasteiger partial charge in [-0.25, -0.2) is 18.4 Å². The Bertz CT molecular complexity index is 571. The van der Waals surface area contributed by atoms with Crippen LogP contribution in [-0.4, -0.2) is 34.0 Å². The van der Waals surface area contributed by atoms with Crippen molar-refractivity contribution >= 4 is 12.1 Å². The Balaban J connectivity index is 3.09. The molecule has 2 atom stereocenters. The largest absolute Gasteiger partial charge is 0.479 e. The standard InChI is InChI=1S/C14H17F2NO5/c1-14(2,3)22-13(21)17-10(11(18)12(19)20)8-5-4-7(15)6-9(8)16/h4-6,10-11,18H,1-3H3,(H,17,21)(H,19,20)/t10-,11+/m0/s1. The molecule has 1 amide bonds. The molecule has 0 saturated carbocycles. The number of alkyl carbamates (subject to hydrolysis) is 1. The smallest absolute Gasteiger partial charge is 0.408 e. The molecular weight excluding hydrogens is 300 g/mol. The predicted molar refractivity (Wildman–Crippen MR) is 72.1 cm³/mol. The minimum atomic E-state index is -2.13. The number of benzene rings is 1. The number of halogens is 2. The lowest BCUT2D eigenvalue weighted by Gasteiger charge is -2.25. The number of carbonyl (C=O) groups excluding carboxylic acids is 1. The number of hydrogen-bond donors (Lipinski definition) is 3. The first-order valence-corrected chi connectivity index (χ1v) is 6.36. The highest BCUT2D eigenvalue weighted by molar-refractivity contribution is 5.75. The number of carbonyl (C=O) groups is 2. The van der Waals surface area contributed by atoms with Crippen LogP contribution >= 0.6 is 0 Å². The van der Waals surface area contributed by atoms with Crippen molar-refractivity contribution < 1.29 is 33.3 Å². The summed E-state index contributed by atoms with van der Waals surface area (Å²) >= 11 is 0. The molecule has 22 heavy (non-hydrogen) atoms. The van der Waals surface area contributed by atoms with E-state index in [1.165, 1.54) is 0 Å². The van der Waals surface area contributed by atoms with Crippen molar-refractivity contribution in [3.8, 4) is 0 Å². The second-order valence-electron chi connectivity index (χ2n) is 5.57. The van der Waals surface area contributed by atoms with E-state index in [-0.39, 0.29) is 5.56 Å². The van der Waals surface area contributed by atoms with Crippen molar-refractivity contribution in [3.63, 3.8) is 0 Å². The Morgan fingerprint density at radius 3 is 2.32 bits per heavy atom. The second-order valence-corrected chi connectivity index (χ2v) is 5.57. The summed E-state index contributed by atoms with van der Waals surface area (Å²) in [5, 5.41) is 20.6. The van der Waals surface area contributed by atoms with Gasteiger partial charge in [-0.2, -0.15) is 0 Å². The molecule has 1 aromatic rings. The van der Waals surface area contributed by atoms with Gasteiger partial charge in [-0.1, -0.05) is 6.07 Å². The van der Waals surface area contributed by atoms with E-state index in [9.17, 15) is 23.5 Å². The molecule has 0 unspecified atom stereocenters. The average Bonchev–Trinajstić information content (AvgIpc) is 2.33. The SMILES string of the molecule is CC(C)(C)OC(=O)N[C@@H](c1ccc(F)cc1F)[C@@H](O)C(=O)O. The summed E-state index contributed by atoms with van der Waals surface area (Å²) in [6.07, 6.45) is -3.17. The molecule has 0 aromatic heterocycles. The van der Waals surface area contributed by atoms with Gasteiger partial charge in [0, 0.05) is 11.6 Å². The third kappa shape index (κ3) is 4.96. The molecule has 0 aliphatic carbocycles. The van der Waals surface area contributed by atoms with Gasteiger partial charge in [0.05, 0.1) is 6.04 Å². The maximum atomic E-state index is 13.8. The van der Waals surface area contributed by atoms with E-state index in [0.29, 0.717) is 6.07 Å². The number of rotatable bonds is 4. The number of ether oxygens (including phenoxy) is 1. The summed E-state index contributed by atoms with van der Waals surface area (Å²) in [4.78, 5) is 22.6. The molecule has 3 N–H and O–H groups in total. The fourth-order valence-corrected chi connectivity index (χ4v) is 1.66. The number of aliphatic carboxylic acids is 1.